The average molecular weight is 469 g/mol. The molecule has 10 heteroatoms. The fourth-order valence-corrected chi connectivity index (χ4v) is 4.20. The number of ether oxygens (including phenoxy) is 1. The maximum atomic E-state index is 5.81. The Morgan fingerprint density at radius 2 is 2.03 bits per heavy atom. The van der Waals surface area contributed by atoms with E-state index in [-0.39, 0.29) is 19.6 Å². The summed E-state index contributed by atoms with van der Waals surface area (Å²) < 4.78 is 5.81. The molecule has 0 saturated carbocycles. The first kappa shape index (κ1) is 23.6. The van der Waals surface area contributed by atoms with Crippen molar-refractivity contribution in [1.29, 1.82) is 0 Å². The lowest BCUT2D eigenvalue weighted by atomic mass is 10.1. The predicted molar refractivity (Wildman–Crippen MR) is 136 cm³/mol. The zero-order valence-corrected chi connectivity index (χ0v) is 20.0. The van der Waals surface area contributed by atoms with Crippen molar-refractivity contribution in [2.45, 2.75) is 12.5 Å². The quantitative estimate of drug-likeness (QED) is 0.581. The van der Waals surface area contributed by atoms with Gasteiger partial charge < -0.3 is 25.2 Å². The molecule has 2 aliphatic heterocycles. The van der Waals surface area contributed by atoms with E-state index < -0.39 is 0 Å². The Balaban J connectivity index is 0.00000259. The molecule has 0 radical (unpaired) electrons. The molecule has 0 unspecified atom stereocenters. The number of nitrogens with one attached hydrogen (secondary N) is 2. The summed E-state index contributed by atoms with van der Waals surface area (Å²) >= 11 is 0. The normalized spacial score (nSPS) is 19.7. The summed E-state index contributed by atoms with van der Waals surface area (Å²) in [4.78, 5) is 23.4. The van der Waals surface area contributed by atoms with Gasteiger partial charge in [0, 0.05) is 63.4 Å². The highest BCUT2D eigenvalue weighted by Crippen LogP contribution is 2.26. The molecular formula is C23H32N8OS. The van der Waals surface area contributed by atoms with Crippen LogP contribution in [0.4, 0.5) is 11.6 Å². The highest BCUT2D eigenvalue weighted by molar-refractivity contribution is 7.59. The molecule has 2 aliphatic rings. The minimum atomic E-state index is 0. The van der Waals surface area contributed by atoms with Gasteiger partial charge in [-0.1, -0.05) is 0 Å². The van der Waals surface area contributed by atoms with E-state index in [4.69, 9.17) is 14.7 Å². The zero-order chi connectivity index (χ0) is 21.8. The van der Waals surface area contributed by atoms with E-state index in [2.05, 4.69) is 49.6 Å². The Morgan fingerprint density at radius 3 is 2.85 bits per heavy atom. The molecule has 3 aromatic heterocycles. The van der Waals surface area contributed by atoms with Crippen molar-refractivity contribution in [3.05, 3.63) is 36.8 Å². The van der Waals surface area contributed by atoms with Gasteiger partial charge in [0.15, 0.2) is 5.82 Å². The van der Waals surface area contributed by atoms with Gasteiger partial charge >= 0.3 is 0 Å². The second kappa shape index (κ2) is 11.1. The van der Waals surface area contributed by atoms with Crippen LogP contribution in [-0.4, -0.2) is 90.4 Å². The van der Waals surface area contributed by atoms with Crippen molar-refractivity contribution in [2.75, 3.05) is 69.7 Å². The lowest BCUT2D eigenvalue weighted by molar-refractivity contribution is 0.0372. The summed E-state index contributed by atoms with van der Waals surface area (Å²) in [7, 11) is 2.18. The molecular weight excluding hydrogens is 436 g/mol. The van der Waals surface area contributed by atoms with Crippen LogP contribution < -0.4 is 15.5 Å². The van der Waals surface area contributed by atoms with Crippen molar-refractivity contribution in [3.63, 3.8) is 0 Å². The van der Waals surface area contributed by atoms with Crippen LogP contribution in [0.15, 0.2) is 36.8 Å². The molecule has 2 fully saturated rings. The summed E-state index contributed by atoms with van der Waals surface area (Å²) in [5.41, 5.74) is 3.37. The second-order valence-electron chi connectivity index (χ2n) is 8.41. The Labute approximate surface area is 201 Å². The number of pyridine rings is 2. The third-order valence-electron chi connectivity index (χ3n) is 6.05. The van der Waals surface area contributed by atoms with Crippen molar-refractivity contribution < 1.29 is 4.74 Å². The standard InChI is InChI=1S/C23H30N8O.H2S/c1-30-8-2-9-31(11-10-30)21-4-3-17(14-27-21)19-13-20-22(26-6-5-25-20)23(29-19)28-16-18-15-24-7-12-32-18;/h3-6,13-14,18,24H,2,7-12,15-16H2,1H3,(H,28,29);1H2/t18-;/m0./s1. The van der Waals surface area contributed by atoms with Gasteiger partial charge in [-0.15, -0.1) is 0 Å². The fourth-order valence-electron chi connectivity index (χ4n) is 4.20. The van der Waals surface area contributed by atoms with Crippen LogP contribution in [0.2, 0.25) is 0 Å². The fraction of sp³-hybridized carbons (Fsp3) is 0.478. The average Bonchev–Trinajstić information content (AvgIpc) is 3.07. The van der Waals surface area contributed by atoms with Gasteiger partial charge in [-0.3, -0.25) is 4.98 Å². The van der Waals surface area contributed by atoms with Crippen LogP contribution in [0.3, 0.4) is 0 Å². The van der Waals surface area contributed by atoms with Crippen LogP contribution in [0, 0.1) is 0 Å². The Hall–Kier alpha value is -2.53. The second-order valence-corrected chi connectivity index (χ2v) is 8.41. The van der Waals surface area contributed by atoms with Gasteiger partial charge in [-0.25, -0.2) is 15.0 Å². The van der Waals surface area contributed by atoms with Gasteiger partial charge in [-0.05, 0) is 38.2 Å². The third kappa shape index (κ3) is 5.70. The summed E-state index contributed by atoms with van der Waals surface area (Å²) in [6.45, 7) is 7.34. The van der Waals surface area contributed by atoms with Crippen molar-refractivity contribution in [3.8, 4) is 11.3 Å². The number of fused-ring (bicyclic) bond motifs is 1. The number of hydrogen-bond acceptors (Lipinski definition) is 9. The number of rotatable bonds is 5. The minimum absolute atomic E-state index is 0. The monoisotopic (exact) mass is 468 g/mol. The third-order valence-corrected chi connectivity index (χ3v) is 6.05. The molecule has 9 nitrogen and oxygen atoms in total. The molecule has 5 rings (SSSR count). The van der Waals surface area contributed by atoms with Crippen LogP contribution in [-0.2, 0) is 4.74 Å². The van der Waals surface area contributed by atoms with E-state index in [0.717, 1.165) is 86.2 Å². The Bertz CT molecular complexity index is 1040. The number of morpholine rings is 1. The number of anilines is 2. The maximum Gasteiger partial charge on any atom is 0.154 e. The molecule has 0 aromatic carbocycles. The van der Waals surface area contributed by atoms with Crippen LogP contribution >= 0.6 is 13.5 Å². The summed E-state index contributed by atoms with van der Waals surface area (Å²) in [5, 5.41) is 6.79. The van der Waals surface area contributed by atoms with E-state index in [1.807, 2.05) is 12.3 Å². The molecule has 0 aliphatic carbocycles. The maximum absolute atomic E-state index is 5.81. The Morgan fingerprint density at radius 1 is 1.12 bits per heavy atom. The predicted octanol–water partition coefficient (Wildman–Crippen LogP) is 1.74. The van der Waals surface area contributed by atoms with E-state index in [9.17, 15) is 0 Å². The van der Waals surface area contributed by atoms with Gasteiger partial charge in [0.2, 0.25) is 0 Å². The minimum Gasteiger partial charge on any atom is -0.374 e. The van der Waals surface area contributed by atoms with Crippen molar-refractivity contribution >= 4 is 36.2 Å². The molecule has 0 spiro atoms. The molecule has 3 aromatic rings. The summed E-state index contributed by atoms with van der Waals surface area (Å²) in [6.07, 6.45) is 6.58. The summed E-state index contributed by atoms with van der Waals surface area (Å²) in [5.74, 6) is 1.74. The first-order valence-electron chi connectivity index (χ1n) is 11.3. The van der Waals surface area contributed by atoms with Crippen molar-refractivity contribution in [1.82, 2.24) is 30.2 Å². The first-order valence-corrected chi connectivity index (χ1v) is 11.3. The van der Waals surface area contributed by atoms with E-state index in [1.54, 1.807) is 12.4 Å². The molecule has 176 valence electrons. The number of likely N-dealkylation sites (N-methyl/N-ethyl adjacent to an activating group) is 1. The molecule has 2 N–H and O–H groups in total. The SMILES string of the molecule is CN1CCCN(c2ccc(-c3cc4nccnc4c(NC[C@@H]4CNCCO4)n3)cn2)CC1.S. The Kier molecular flexibility index (Phi) is 7.92. The highest BCUT2D eigenvalue weighted by atomic mass is 32.1. The zero-order valence-electron chi connectivity index (χ0n) is 19.0. The molecule has 0 amide bonds. The van der Waals surface area contributed by atoms with Gasteiger partial charge in [0.05, 0.1) is 23.9 Å². The van der Waals surface area contributed by atoms with E-state index in [0.29, 0.717) is 6.54 Å². The van der Waals surface area contributed by atoms with Gasteiger partial charge in [0.1, 0.15) is 11.3 Å². The molecule has 1 atom stereocenters. The summed E-state index contributed by atoms with van der Waals surface area (Å²) in [6, 6.07) is 6.17. The topological polar surface area (TPSA) is 91.3 Å². The first-order chi connectivity index (χ1) is 15.8. The largest absolute Gasteiger partial charge is 0.374 e. The lowest BCUT2D eigenvalue weighted by Crippen LogP contribution is -2.42. The molecule has 5 heterocycles. The number of hydrogen-bond donors (Lipinski definition) is 2. The van der Waals surface area contributed by atoms with E-state index >= 15 is 0 Å². The van der Waals surface area contributed by atoms with Crippen molar-refractivity contribution in [2.24, 2.45) is 0 Å². The number of nitrogens with zero attached hydrogens (tertiary/aromatic N) is 6. The van der Waals surface area contributed by atoms with Gasteiger partial charge in [0.25, 0.3) is 0 Å². The van der Waals surface area contributed by atoms with Crippen LogP contribution in [0.5, 0.6) is 0 Å². The van der Waals surface area contributed by atoms with E-state index in [1.165, 1.54) is 0 Å². The van der Waals surface area contributed by atoms with Gasteiger partial charge in [-0.2, -0.15) is 13.5 Å². The molecule has 0 bridgehead atoms. The van der Waals surface area contributed by atoms with Crippen LogP contribution in [0.1, 0.15) is 6.42 Å². The number of aromatic nitrogens is 4. The molecule has 2 saturated heterocycles. The smallest absolute Gasteiger partial charge is 0.154 e. The lowest BCUT2D eigenvalue weighted by Gasteiger charge is -2.24. The molecule has 33 heavy (non-hydrogen) atoms. The van der Waals surface area contributed by atoms with Crippen LogP contribution in [0.25, 0.3) is 22.3 Å². The highest BCUT2D eigenvalue weighted by Gasteiger charge is 2.17.